The van der Waals surface area contributed by atoms with Gasteiger partial charge >= 0.3 is 0 Å². The monoisotopic (exact) mass is 424 g/mol. The Balaban J connectivity index is 1.74. The van der Waals surface area contributed by atoms with Crippen LogP contribution < -0.4 is 10.6 Å². The molecule has 0 fully saturated rings. The Hall–Kier alpha value is -2.28. The molecule has 0 heterocycles. The maximum Gasteiger partial charge on any atom is 0.226 e. The second kappa shape index (κ2) is 9.43. The van der Waals surface area contributed by atoms with Crippen LogP contribution in [0.2, 0.25) is 0 Å². The van der Waals surface area contributed by atoms with Crippen molar-refractivity contribution in [1.29, 1.82) is 0 Å². The van der Waals surface area contributed by atoms with Crippen LogP contribution in [0.25, 0.3) is 0 Å². The van der Waals surface area contributed by atoms with Gasteiger partial charge in [0, 0.05) is 35.1 Å². The van der Waals surface area contributed by atoms with Gasteiger partial charge in [-0.05, 0) is 43.2 Å². The minimum atomic E-state index is -0.665. The lowest BCUT2D eigenvalue weighted by Gasteiger charge is -2.10. The van der Waals surface area contributed by atoms with Crippen LogP contribution in [0.4, 0.5) is 14.5 Å². The minimum Gasteiger partial charge on any atom is -0.356 e. The molecule has 138 valence electrons. The molecule has 2 aromatic rings. The zero-order chi connectivity index (χ0) is 19.1. The maximum absolute atomic E-state index is 13.5. The molecule has 2 aromatic carbocycles. The molecule has 0 saturated carbocycles. The van der Waals surface area contributed by atoms with E-state index >= 15 is 0 Å². The Morgan fingerprint density at radius 1 is 1.04 bits per heavy atom. The second-order valence-electron chi connectivity index (χ2n) is 5.81. The van der Waals surface area contributed by atoms with Gasteiger partial charge in [-0.3, -0.25) is 9.59 Å². The number of hydrogen-bond acceptors (Lipinski definition) is 2. The number of hydrogen-bond donors (Lipinski definition) is 2. The normalized spacial score (nSPS) is 10.5. The van der Waals surface area contributed by atoms with E-state index in [1.165, 1.54) is 6.07 Å². The Bertz CT molecular complexity index is 792. The van der Waals surface area contributed by atoms with Crippen molar-refractivity contribution in [2.45, 2.75) is 26.2 Å². The van der Waals surface area contributed by atoms with Gasteiger partial charge in [0.25, 0.3) is 0 Å². The molecule has 26 heavy (non-hydrogen) atoms. The van der Waals surface area contributed by atoms with E-state index in [4.69, 9.17) is 0 Å². The first-order valence-corrected chi connectivity index (χ1v) is 8.91. The van der Waals surface area contributed by atoms with Crippen molar-refractivity contribution in [2.75, 3.05) is 11.9 Å². The summed E-state index contributed by atoms with van der Waals surface area (Å²) in [5, 5.41) is 5.36. The summed E-state index contributed by atoms with van der Waals surface area (Å²) < 4.78 is 27.9. The smallest absolute Gasteiger partial charge is 0.226 e. The highest BCUT2D eigenvalue weighted by molar-refractivity contribution is 9.10. The van der Waals surface area contributed by atoms with Crippen LogP contribution in [0, 0.1) is 18.6 Å². The predicted octanol–water partition coefficient (Wildman–Crippen LogP) is 4.11. The molecule has 0 aliphatic heterocycles. The van der Waals surface area contributed by atoms with Crippen LogP contribution in [-0.4, -0.2) is 18.4 Å². The third kappa shape index (κ3) is 5.91. The van der Waals surface area contributed by atoms with Gasteiger partial charge in [0.2, 0.25) is 11.8 Å². The van der Waals surface area contributed by atoms with Gasteiger partial charge in [-0.15, -0.1) is 0 Å². The molecule has 0 aliphatic carbocycles. The average molecular weight is 425 g/mol. The zero-order valence-corrected chi connectivity index (χ0v) is 15.8. The third-order valence-electron chi connectivity index (χ3n) is 3.81. The summed E-state index contributed by atoms with van der Waals surface area (Å²) in [5.74, 6) is -1.92. The van der Waals surface area contributed by atoms with Gasteiger partial charge in [0.1, 0.15) is 11.6 Å². The van der Waals surface area contributed by atoms with Crippen molar-refractivity contribution in [3.63, 3.8) is 0 Å². The van der Waals surface area contributed by atoms with Gasteiger partial charge in [0.05, 0.1) is 0 Å². The summed E-state index contributed by atoms with van der Waals surface area (Å²) in [4.78, 5) is 23.7. The van der Waals surface area contributed by atoms with Crippen molar-refractivity contribution >= 4 is 33.4 Å². The van der Waals surface area contributed by atoms with Crippen LogP contribution in [0.15, 0.2) is 40.9 Å². The second-order valence-corrected chi connectivity index (χ2v) is 6.72. The lowest BCUT2D eigenvalue weighted by molar-refractivity contribution is -0.121. The zero-order valence-electron chi connectivity index (χ0n) is 14.2. The van der Waals surface area contributed by atoms with E-state index in [2.05, 4.69) is 26.6 Å². The molecule has 4 nitrogen and oxygen atoms in total. The van der Waals surface area contributed by atoms with Crippen LogP contribution >= 0.6 is 15.9 Å². The fourth-order valence-electron chi connectivity index (χ4n) is 2.36. The molecule has 0 unspecified atom stereocenters. The van der Waals surface area contributed by atoms with E-state index in [0.717, 1.165) is 22.2 Å². The molecule has 0 aromatic heterocycles. The Labute approximate surface area is 159 Å². The predicted molar refractivity (Wildman–Crippen MR) is 99.8 cm³/mol. The number of halogens is 3. The maximum atomic E-state index is 13.5. The number of benzene rings is 2. The summed E-state index contributed by atoms with van der Waals surface area (Å²) in [6, 6.07) is 9.15. The van der Waals surface area contributed by atoms with Crippen LogP contribution in [0.1, 0.15) is 24.0 Å². The SMILES string of the molecule is Cc1ccc(Br)cc1NC(=O)CCNC(=O)CCc1c(F)cccc1F. The summed E-state index contributed by atoms with van der Waals surface area (Å²) >= 11 is 3.34. The third-order valence-corrected chi connectivity index (χ3v) is 4.30. The highest BCUT2D eigenvalue weighted by Crippen LogP contribution is 2.20. The van der Waals surface area contributed by atoms with E-state index in [1.54, 1.807) is 6.07 Å². The number of carbonyl (C=O) groups is 2. The van der Waals surface area contributed by atoms with E-state index in [1.807, 2.05) is 19.1 Å². The summed E-state index contributed by atoms with van der Waals surface area (Å²) in [6.45, 7) is 2.03. The van der Waals surface area contributed by atoms with Crippen LogP contribution in [0.5, 0.6) is 0 Å². The molecule has 7 heteroatoms. The lowest BCUT2D eigenvalue weighted by atomic mass is 10.1. The van der Waals surface area contributed by atoms with Gasteiger partial charge < -0.3 is 10.6 Å². The molecule has 0 aliphatic rings. The lowest BCUT2D eigenvalue weighted by Crippen LogP contribution is -2.28. The molecular formula is C19H19BrF2N2O2. The Morgan fingerprint density at radius 2 is 1.73 bits per heavy atom. The van der Waals surface area contributed by atoms with Gasteiger partial charge in [-0.25, -0.2) is 8.78 Å². The molecule has 2 N–H and O–H groups in total. The summed E-state index contributed by atoms with van der Waals surface area (Å²) in [5.41, 5.74) is 1.52. The molecule has 2 amide bonds. The molecule has 0 radical (unpaired) electrons. The largest absolute Gasteiger partial charge is 0.356 e. The first-order valence-electron chi connectivity index (χ1n) is 8.12. The highest BCUT2D eigenvalue weighted by atomic mass is 79.9. The van der Waals surface area contributed by atoms with Gasteiger partial charge in [-0.2, -0.15) is 0 Å². The molecule has 0 bridgehead atoms. The first kappa shape index (κ1) is 20.0. The van der Waals surface area contributed by atoms with Crippen molar-refractivity contribution in [1.82, 2.24) is 5.32 Å². The number of nitrogens with one attached hydrogen (secondary N) is 2. The topological polar surface area (TPSA) is 58.2 Å². The molecule has 0 spiro atoms. The van der Waals surface area contributed by atoms with E-state index in [-0.39, 0.29) is 43.2 Å². The number of carbonyl (C=O) groups excluding carboxylic acids is 2. The van der Waals surface area contributed by atoms with Crippen molar-refractivity contribution < 1.29 is 18.4 Å². The standard InChI is InChI=1S/C19H19BrF2N2O2/c1-12-5-6-13(20)11-17(12)24-19(26)9-10-23-18(25)8-7-14-15(21)3-2-4-16(14)22/h2-6,11H,7-10H2,1H3,(H,23,25)(H,24,26). The van der Waals surface area contributed by atoms with E-state index < -0.39 is 11.6 Å². The van der Waals surface area contributed by atoms with Crippen molar-refractivity contribution in [3.05, 3.63) is 63.6 Å². The number of aryl methyl sites for hydroxylation is 1. The molecule has 0 atom stereocenters. The van der Waals surface area contributed by atoms with Crippen molar-refractivity contribution in [2.24, 2.45) is 0 Å². The number of rotatable bonds is 7. The molecular weight excluding hydrogens is 406 g/mol. The molecule has 2 rings (SSSR count). The van der Waals surface area contributed by atoms with E-state index in [0.29, 0.717) is 5.69 Å². The average Bonchev–Trinajstić information content (AvgIpc) is 2.57. The summed E-state index contributed by atoms with van der Waals surface area (Å²) in [6.07, 6.45) is 0.0176. The van der Waals surface area contributed by atoms with Crippen LogP contribution in [-0.2, 0) is 16.0 Å². The quantitative estimate of drug-likeness (QED) is 0.702. The number of amides is 2. The highest BCUT2D eigenvalue weighted by Gasteiger charge is 2.11. The Morgan fingerprint density at radius 3 is 2.42 bits per heavy atom. The first-order chi connectivity index (χ1) is 12.4. The van der Waals surface area contributed by atoms with Gasteiger partial charge in [0.15, 0.2) is 0 Å². The number of anilines is 1. The fourth-order valence-corrected chi connectivity index (χ4v) is 2.72. The van der Waals surface area contributed by atoms with Crippen molar-refractivity contribution in [3.8, 4) is 0 Å². The molecule has 0 saturated heterocycles. The van der Waals surface area contributed by atoms with E-state index in [9.17, 15) is 18.4 Å². The van der Waals surface area contributed by atoms with Crippen LogP contribution in [0.3, 0.4) is 0 Å². The summed E-state index contributed by atoms with van der Waals surface area (Å²) in [7, 11) is 0. The Kier molecular flexibility index (Phi) is 7.26. The minimum absolute atomic E-state index is 0.0340. The fraction of sp³-hybridized carbons (Fsp3) is 0.263. The van der Waals surface area contributed by atoms with Gasteiger partial charge in [-0.1, -0.05) is 28.1 Å².